The second-order valence-electron chi connectivity index (χ2n) is 10.4. The van der Waals surface area contributed by atoms with Crippen LogP contribution in [0.1, 0.15) is 56.3 Å². The van der Waals surface area contributed by atoms with Gasteiger partial charge in [0.1, 0.15) is 17.5 Å². The molecule has 0 spiro atoms. The molecule has 2 aliphatic rings. The van der Waals surface area contributed by atoms with E-state index in [1.54, 1.807) is 57.8 Å². The number of fused-ring (bicyclic) bond motifs is 1. The molecule has 8 nitrogen and oxygen atoms in total. The zero-order chi connectivity index (χ0) is 28.6. The van der Waals surface area contributed by atoms with E-state index in [1.807, 2.05) is 6.08 Å². The summed E-state index contributed by atoms with van der Waals surface area (Å²) in [4.78, 5) is 35.1. The summed E-state index contributed by atoms with van der Waals surface area (Å²) in [5.41, 5.74) is 4.54. The lowest BCUT2D eigenvalue weighted by Gasteiger charge is -2.26. The number of hydrogen-bond acceptors (Lipinski definition) is 8. The van der Waals surface area contributed by atoms with E-state index in [0.29, 0.717) is 37.7 Å². The van der Waals surface area contributed by atoms with Crippen LogP contribution in [-0.4, -0.2) is 43.9 Å². The van der Waals surface area contributed by atoms with Gasteiger partial charge in [-0.25, -0.2) is 9.79 Å². The molecule has 0 aliphatic carbocycles. The van der Waals surface area contributed by atoms with Crippen molar-refractivity contribution in [2.24, 2.45) is 4.99 Å². The number of thiazole rings is 1. The molecule has 0 bridgehead atoms. The molecule has 2 aromatic carbocycles. The highest BCUT2D eigenvalue weighted by atomic mass is 32.1. The maximum atomic E-state index is 14.0. The standard InChI is InChI=1S/C31H35N3O5S/c1-18(2)39-30(36)27-20(4)32-31-34(28(27)23-17-22(37-5)10-12-25(23)38-6)29(35)26(40-31)16-21-9-11-24(19(3)15-21)33-13-7-8-14-33/h9-12,15-18,28H,7-8,13-14H2,1-6H3/b26-16-/t28-/m0/s1. The molecule has 210 valence electrons. The van der Waals surface area contributed by atoms with E-state index >= 15 is 0 Å². The van der Waals surface area contributed by atoms with Crippen molar-refractivity contribution in [1.82, 2.24) is 4.57 Å². The number of rotatable bonds is 7. The Morgan fingerprint density at radius 1 is 1.07 bits per heavy atom. The fourth-order valence-corrected chi connectivity index (χ4v) is 6.49. The van der Waals surface area contributed by atoms with Gasteiger partial charge in [0.15, 0.2) is 4.80 Å². The van der Waals surface area contributed by atoms with Gasteiger partial charge in [-0.2, -0.15) is 0 Å². The Bertz CT molecular complexity index is 1660. The summed E-state index contributed by atoms with van der Waals surface area (Å²) < 4.78 is 18.9. The Balaban J connectivity index is 1.68. The van der Waals surface area contributed by atoms with Gasteiger partial charge in [-0.1, -0.05) is 17.4 Å². The monoisotopic (exact) mass is 561 g/mol. The Morgan fingerprint density at radius 2 is 1.82 bits per heavy atom. The molecular formula is C31H35N3O5S. The van der Waals surface area contributed by atoms with Crippen LogP contribution in [0.15, 0.2) is 57.5 Å². The number of allylic oxidation sites excluding steroid dienone is 1. The largest absolute Gasteiger partial charge is 0.497 e. The number of hydrogen-bond donors (Lipinski definition) is 0. The summed E-state index contributed by atoms with van der Waals surface area (Å²) in [6.07, 6.45) is 3.99. The van der Waals surface area contributed by atoms with Gasteiger partial charge in [0.05, 0.1) is 36.1 Å². The van der Waals surface area contributed by atoms with Crippen LogP contribution in [0.2, 0.25) is 0 Å². The minimum Gasteiger partial charge on any atom is -0.497 e. The average Bonchev–Trinajstić information content (AvgIpc) is 3.55. The van der Waals surface area contributed by atoms with Crippen molar-refractivity contribution in [3.8, 4) is 11.5 Å². The molecule has 3 heterocycles. The summed E-state index contributed by atoms with van der Waals surface area (Å²) in [5.74, 6) is 0.587. The molecule has 0 N–H and O–H groups in total. The van der Waals surface area contributed by atoms with Crippen LogP contribution in [0.5, 0.6) is 11.5 Å². The van der Waals surface area contributed by atoms with Crippen molar-refractivity contribution in [2.75, 3.05) is 32.2 Å². The summed E-state index contributed by atoms with van der Waals surface area (Å²) in [6, 6.07) is 10.9. The van der Waals surface area contributed by atoms with Crippen molar-refractivity contribution in [3.05, 3.63) is 84.0 Å². The highest BCUT2D eigenvalue weighted by molar-refractivity contribution is 7.07. The van der Waals surface area contributed by atoms with Gasteiger partial charge >= 0.3 is 5.97 Å². The predicted molar refractivity (Wildman–Crippen MR) is 157 cm³/mol. The van der Waals surface area contributed by atoms with Crippen LogP contribution < -0.4 is 29.3 Å². The van der Waals surface area contributed by atoms with Gasteiger partial charge in [0, 0.05) is 24.3 Å². The topological polar surface area (TPSA) is 82.4 Å². The third kappa shape index (κ3) is 5.18. The first-order valence-corrected chi connectivity index (χ1v) is 14.3. The van der Waals surface area contributed by atoms with Crippen molar-refractivity contribution in [1.29, 1.82) is 0 Å². The van der Waals surface area contributed by atoms with Gasteiger partial charge in [-0.15, -0.1) is 0 Å². The van der Waals surface area contributed by atoms with E-state index in [4.69, 9.17) is 19.2 Å². The Hall–Kier alpha value is -3.85. The summed E-state index contributed by atoms with van der Waals surface area (Å²) >= 11 is 1.30. The third-order valence-electron chi connectivity index (χ3n) is 7.28. The number of carbonyl (C=O) groups excluding carboxylic acids is 1. The Morgan fingerprint density at radius 3 is 2.48 bits per heavy atom. The van der Waals surface area contributed by atoms with Gasteiger partial charge in [-0.05, 0) is 88.1 Å². The molecule has 9 heteroatoms. The zero-order valence-corrected chi connectivity index (χ0v) is 24.6. The summed E-state index contributed by atoms with van der Waals surface area (Å²) in [7, 11) is 3.13. The van der Waals surface area contributed by atoms with Gasteiger partial charge < -0.3 is 19.1 Å². The van der Waals surface area contributed by atoms with Crippen LogP contribution in [0, 0.1) is 6.92 Å². The lowest BCUT2D eigenvalue weighted by molar-refractivity contribution is -0.143. The average molecular weight is 562 g/mol. The van der Waals surface area contributed by atoms with E-state index in [2.05, 4.69) is 30.0 Å². The molecule has 2 aliphatic heterocycles. The van der Waals surface area contributed by atoms with Crippen LogP contribution in [0.4, 0.5) is 5.69 Å². The number of aryl methyl sites for hydroxylation is 1. The lowest BCUT2D eigenvalue weighted by atomic mass is 9.94. The van der Waals surface area contributed by atoms with Crippen LogP contribution >= 0.6 is 11.3 Å². The van der Waals surface area contributed by atoms with Gasteiger partial charge in [-0.3, -0.25) is 9.36 Å². The van der Waals surface area contributed by atoms with Crippen molar-refractivity contribution in [3.63, 3.8) is 0 Å². The number of esters is 1. The minimum absolute atomic E-state index is 0.234. The van der Waals surface area contributed by atoms with E-state index in [0.717, 1.165) is 18.7 Å². The smallest absolute Gasteiger partial charge is 0.338 e. The van der Waals surface area contributed by atoms with Crippen molar-refractivity contribution >= 4 is 29.1 Å². The van der Waals surface area contributed by atoms with Crippen LogP contribution in [0.25, 0.3) is 6.08 Å². The number of nitrogens with zero attached hydrogens (tertiary/aromatic N) is 3. The minimum atomic E-state index is -0.797. The Kier molecular flexibility index (Phi) is 7.85. The predicted octanol–water partition coefficient (Wildman–Crippen LogP) is 4.11. The number of ether oxygens (including phenoxy) is 3. The van der Waals surface area contributed by atoms with Crippen LogP contribution in [-0.2, 0) is 9.53 Å². The molecule has 0 unspecified atom stereocenters. The number of aromatic nitrogens is 1. The molecule has 5 rings (SSSR count). The third-order valence-corrected chi connectivity index (χ3v) is 8.26. The molecule has 0 radical (unpaired) electrons. The number of benzene rings is 2. The van der Waals surface area contributed by atoms with Crippen molar-refractivity contribution in [2.45, 2.75) is 52.7 Å². The van der Waals surface area contributed by atoms with E-state index in [9.17, 15) is 9.59 Å². The van der Waals surface area contributed by atoms with Gasteiger partial charge in [0.25, 0.3) is 5.56 Å². The second-order valence-corrected chi connectivity index (χ2v) is 11.4. The SMILES string of the molecule is COc1ccc(OC)c([C@H]2C(C(=O)OC(C)C)=C(C)N=c3s/c(=C\c4ccc(N5CCCC5)c(C)c4)c(=O)n32)c1. The molecule has 3 aromatic rings. The second kappa shape index (κ2) is 11.3. The van der Waals surface area contributed by atoms with E-state index in [1.165, 1.54) is 35.4 Å². The Labute approximate surface area is 237 Å². The molecule has 0 saturated carbocycles. The quantitative estimate of drug-likeness (QED) is 0.404. The first kappa shape index (κ1) is 27.7. The highest BCUT2D eigenvalue weighted by Crippen LogP contribution is 2.38. The molecule has 1 atom stereocenters. The molecule has 40 heavy (non-hydrogen) atoms. The number of methoxy groups -OCH3 is 2. The molecular weight excluding hydrogens is 526 g/mol. The molecule has 1 saturated heterocycles. The fraction of sp³-hybridized carbons (Fsp3) is 0.387. The van der Waals surface area contributed by atoms with E-state index in [-0.39, 0.29) is 11.7 Å². The first-order valence-electron chi connectivity index (χ1n) is 13.5. The highest BCUT2D eigenvalue weighted by Gasteiger charge is 2.35. The first-order chi connectivity index (χ1) is 19.2. The van der Waals surface area contributed by atoms with Gasteiger partial charge in [0.2, 0.25) is 0 Å². The maximum absolute atomic E-state index is 14.0. The molecule has 1 aromatic heterocycles. The van der Waals surface area contributed by atoms with Crippen LogP contribution in [0.3, 0.4) is 0 Å². The molecule has 0 amide bonds. The number of anilines is 1. The normalized spacial score (nSPS) is 17.2. The van der Waals surface area contributed by atoms with Crippen molar-refractivity contribution < 1.29 is 19.0 Å². The maximum Gasteiger partial charge on any atom is 0.338 e. The molecule has 1 fully saturated rings. The summed E-state index contributed by atoms with van der Waals surface area (Å²) in [5, 5.41) is 0. The lowest BCUT2D eigenvalue weighted by Crippen LogP contribution is -2.40. The van der Waals surface area contributed by atoms with E-state index < -0.39 is 12.0 Å². The summed E-state index contributed by atoms with van der Waals surface area (Å²) in [6.45, 7) is 9.62. The number of carbonyl (C=O) groups is 1. The zero-order valence-electron chi connectivity index (χ0n) is 23.8. The fourth-order valence-electron chi connectivity index (χ4n) is 5.44.